The van der Waals surface area contributed by atoms with Crippen LogP contribution in [0.4, 0.5) is 13.2 Å². The van der Waals surface area contributed by atoms with Gasteiger partial charge in [0.1, 0.15) is 0 Å². The van der Waals surface area contributed by atoms with Crippen LogP contribution in [-0.2, 0) is 0 Å². The number of nitrogens with zero attached hydrogens (tertiary/aromatic N) is 1. The van der Waals surface area contributed by atoms with Crippen molar-refractivity contribution in [2.75, 3.05) is 0 Å². The van der Waals surface area contributed by atoms with E-state index in [1.165, 1.54) is 0 Å². The van der Waals surface area contributed by atoms with Crippen LogP contribution in [0.1, 0.15) is 12.8 Å². The monoisotopic (exact) mass is 227 g/mol. The van der Waals surface area contributed by atoms with Crippen molar-refractivity contribution >= 4 is 17.3 Å². The predicted molar refractivity (Wildman–Crippen MR) is 44.6 cm³/mol. The molecular weight excluding hydrogens is 219 g/mol. The molecule has 0 aromatic rings. The van der Waals surface area contributed by atoms with Crippen molar-refractivity contribution in [3.05, 3.63) is 0 Å². The number of oxime groups is 1. The molecule has 4 atom stereocenters. The molecule has 0 radical (unpaired) electrons. The van der Waals surface area contributed by atoms with E-state index in [4.69, 9.17) is 16.8 Å². The summed E-state index contributed by atoms with van der Waals surface area (Å²) in [5.74, 6) is -2.31. The summed E-state index contributed by atoms with van der Waals surface area (Å²) in [7, 11) is 0. The second-order valence-corrected chi connectivity index (χ2v) is 4.40. The van der Waals surface area contributed by atoms with Crippen LogP contribution in [-0.4, -0.2) is 22.5 Å². The first kappa shape index (κ1) is 10.1. The minimum absolute atomic E-state index is 0.0261. The van der Waals surface area contributed by atoms with Crippen molar-refractivity contribution in [1.29, 1.82) is 0 Å². The van der Waals surface area contributed by atoms with Crippen LogP contribution in [0, 0.1) is 17.8 Å². The van der Waals surface area contributed by atoms with Gasteiger partial charge in [-0.2, -0.15) is 13.2 Å². The summed E-state index contributed by atoms with van der Waals surface area (Å²) in [5, 5.41) is 11.0. The van der Waals surface area contributed by atoms with Crippen molar-refractivity contribution in [2.45, 2.75) is 24.4 Å². The summed E-state index contributed by atoms with van der Waals surface area (Å²) in [4.78, 5) is 0. The molecule has 14 heavy (non-hydrogen) atoms. The third-order valence-corrected chi connectivity index (χ3v) is 3.87. The molecule has 0 aromatic carbocycles. The first-order valence-electron chi connectivity index (χ1n) is 4.36. The summed E-state index contributed by atoms with van der Waals surface area (Å²) in [6, 6.07) is 0. The molecule has 1 N–H and O–H groups in total. The normalized spacial score (nSPS) is 45.0. The molecular formula is C8H9ClF3NO. The smallest absolute Gasteiger partial charge is 0.392 e. The molecule has 4 unspecified atom stereocenters. The molecule has 0 spiro atoms. The highest BCUT2D eigenvalue weighted by atomic mass is 35.5. The molecule has 0 aliphatic heterocycles. The van der Waals surface area contributed by atoms with Gasteiger partial charge < -0.3 is 5.21 Å². The standard InChI is InChI=1S/C8H9ClF3NO/c9-7-3-2-6(13-14)4(7)1-5(3)8(10,11)12/h3-5,7,14H,1-2H2/b13-6+. The molecule has 80 valence electrons. The van der Waals surface area contributed by atoms with Crippen molar-refractivity contribution in [3.8, 4) is 0 Å². The molecule has 0 aromatic heterocycles. The molecule has 2 bridgehead atoms. The lowest BCUT2D eigenvalue weighted by atomic mass is 9.87. The molecule has 6 heteroatoms. The number of hydrogen-bond donors (Lipinski definition) is 1. The topological polar surface area (TPSA) is 32.6 Å². The first-order valence-corrected chi connectivity index (χ1v) is 4.80. The largest absolute Gasteiger partial charge is 0.411 e. The van der Waals surface area contributed by atoms with E-state index in [2.05, 4.69) is 5.16 Å². The average Bonchev–Trinajstić information content (AvgIpc) is 2.57. The number of alkyl halides is 4. The fourth-order valence-electron chi connectivity index (χ4n) is 2.56. The number of fused-ring (bicyclic) bond motifs is 2. The van der Waals surface area contributed by atoms with E-state index >= 15 is 0 Å². The third kappa shape index (κ3) is 1.29. The van der Waals surface area contributed by atoms with E-state index in [-0.39, 0.29) is 12.8 Å². The van der Waals surface area contributed by atoms with Crippen molar-refractivity contribution < 1.29 is 18.4 Å². The lowest BCUT2D eigenvalue weighted by Gasteiger charge is -2.24. The van der Waals surface area contributed by atoms with Crippen LogP contribution in [0.2, 0.25) is 0 Å². The molecule has 2 aliphatic carbocycles. The predicted octanol–water partition coefficient (Wildman–Crippen LogP) is 2.64. The molecule has 0 saturated heterocycles. The fourth-order valence-corrected chi connectivity index (χ4v) is 3.07. The second kappa shape index (κ2) is 3.02. The summed E-state index contributed by atoms with van der Waals surface area (Å²) in [6.45, 7) is 0. The van der Waals surface area contributed by atoms with Gasteiger partial charge in [0.05, 0.1) is 11.6 Å². The van der Waals surface area contributed by atoms with Gasteiger partial charge in [-0.25, -0.2) is 0 Å². The van der Waals surface area contributed by atoms with Gasteiger partial charge in [-0.1, -0.05) is 5.16 Å². The minimum atomic E-state index is -4.17. The molecule has 2 fully saturated rings. The van der Waals surface area contributed by atoms with Crippen LogP contribution < -0.4 is 0 Å². The zero-order chi connectivity index (χ0) is 10.5. The van der Waals surface area contributed by atoms with E-state index in [9.17, 15) is 13.2 Å². The maximum absolute atomic E-state index is 12.5. The van der Waals surface area contributed by atoms with Crippen LogP contribution in [0.25, 0.3) is 0 Å². The zero-order valence-corrected chi connectivity index (χ0v) is 7.89. The fraction of sp³-hybridized carbons (Fsp3) is 0.875. The lowest BCUT2D eigenvalue weighted by molar-refractivity contribution is -0.183. The van der Waals surface area contributed by atoms with Crippen LogP contribution in [0.15, 0.2) is 5.16 Å². The highest BCUT2D eigenvalue weighted by Gasteiger charge is 2.59. The maximum atomic E-state index is 12.5. The highest BCUT2D eigenvalue weighted by Crippen LogP contribution is 2.55. The molecule has 2 aliphatic rings. The molecule has 2 nitrogen and oxygen atoms in total. The summed E-state index contributed by atoms with van der Waals surface area (Å²) < 4.78 is 37.4. The quantitative estimate of drug-likeness (QED) is 0.385. The van der Waals surface area contributed by atoms with E-state index in [0.29, 0.717) is 5.71 Å². The molecule has 0 heterocycles. The summed E-state index contributed by atoms with van der Waals surface area (Å²) >= 11 is 5.86. The second-order valence-electron chi connectivity index (χ2n) is 3.89. The van der Waals surface area contributed by atoms with Crippen LogP contribution in [0.3, 0.4) is 0 Å². The highest BCUT2D eigenvalue weighted by molar-refractivity contribution is 6.24. The van der Waals surface area contributed by atoms with Gasteiger partial charge in [0.25, 0.3) is 0 Å². The van der Waals surface area contributed by atoms with E-state index < -0.39 is 29.3 Å². The molecule has 0 amide bonds. The minimum Gasteiger partial charge on any atom is -0.411 e. The van der Waals surface area contributed by atoms with E-state index in [1.807, 2.05) is 0 Å². The number of halogens is 4. The third-order valence-electron chi connectivity index (χ3n) is 3.24. The van der Waals surface area contributed by atoms with Gasteiger partial charge in [-0.05, 0) is 18.8 Å². The Bertz CT molecular complexity index is 278. The van der Waals surface area contributed by atoms with Crippen molar-refractivity contribution in [3.63, 3.8) is 0 Å². The maximum Gasteiger partial charge on any atom is 0.392 e. The Morgan fingerprint density at radius 2 is 2.07 bits per heavy atom. The first-order chi connectivity index (χ1) is 6.45. The lowest BCUT2D eigenvalue weighted by Crippen LogP contribution is -2.30. The molecule has 2 saturated carbocycles. The van der Waals surface area contributed by atoms with Gasteiger partial charge in [0, 0.05) is 11.3 Å². The molecule has 2 rings (SSSR count). The Balaban J connectivity index is 2.20. The van der Waals surface area contributed by atoms with Crippen LogP contribution in [0.5, 0.6) is 0 Å². The number of rotatable bonds is 0. The number of hydrogen-bond acceptors (Lipinski definition) is 2. The Kier molecular flexibility index (Phi) is 2.17. The van der Waals surface area contributed by atoms with Crippen molar-refractivity contribution in [1.82, 2.24) is 0 Å². The Morgan fingerprint density at radius 1 is 1.43 bits per heavy atom. The van der Waals surface area contributed by atoms with Crippen molar-refractivity contribution in [2.24, 2.45) is 22.9 Å². The van der Waals surface area contributed by atoms with Gasteiger partial charge in [0.2, 0.25) is 0 Å². The Labute approximate surface area is 83.7 Å². The zero-order valence-electron chi connectivity index (χ0n) is 7.13. The average molecular weight is 228 g/mol. The Hall–Kier alpha value is -0.450. The van der Waals surface area contributed by atoms with E-state index in [1.54, 1.807) is 0 Å². The SMILES string of the molecule is O/N=C1\CC2C(Cl)C1CC2C(F)(F)F. The van der Waals surface area contributed by atoms with Crippen LogP contribution >= 0.6 is 11.6 Å². The van der Waals surface area contributed by atoms with Gasteiger partial charge >= 0.3 is 6.18 Å². The summed E-state index contributed by atoms with van der Waals surface area (Å²) in [6.07, 6.45) is -4.02. The Morgan fingerprint density at radius 3 is 2.43 bits per heavy atom. The van der Waals surface area contributed by atoms with Gasteiger partial charge in [0.15, 0.2) is 0 Å². The van der Waals surface area contributed by atoms with E-state index in [0.717, 1.165) is 0 Å². The van der Waals surface area contributed by atoms with Gasteiger partial charge in [-0.3, -0.25) is 0 Å². The van der Waals surface area contributed by atoms with Gasteiger partial charge in [-0.15, -0.1) is 11.6 Å². The summed E-state index contributed by atoms with van der Waals surface area (Å²) in [5.41, 5.74) is 0.426.